The molecule has 0 saturated heterocycles. The fraction of sp³-hybridized carbons (Fsp3) is 0.500. The molecule has 0 aliphatic heterocycles. The number of hydrazine groups is 1. The minimum Gasteiger partial charge on any atom is -0.352 e. The largest absolute Gasteiger partial charge is 0.416 e. The average molecular weight is 303 g/mol. The molecular weight excluding hydrogens is 283 g/mol. The van der Waals surface area contributed by atoms with E-state index in [9.17, 15) is 18.0 Å². The van der Waals surface area contributed by atoms with Gasteiger partial charge in [-0.2, -0.15) is 13.2 Å². The Balaban J connectivity index is 2.96. The van der Waals surface area contributed by atoms with Crippen molar-refractivity contribution in [2.24, 2.45) is 11.8 Å². The molecule has 4 N–H and O–H groups in total. The molecule has 0 heterocycles. The van der Waals surface area contributed by atoms with Crippen molar-refractivity contribution in [2.75, 3.05) is 12.0 Å². The van der Waals surface area contributed by atoms with Crippen molar-refractivity contribution in [3.05, 3.63) is 29.3 Å². The maximum Gasteiger partial charge on any atom is 0.416 e. The first kappa shape index (κ1) is 17.3. The first-order valence-corrected chi connectivity index (χ1v) is 6.79. The van der Waals surface area contributed by atoms with Crippen molar-refractivity contribution < 1.29 is 18.0 Å². The lowest BCUT2D eigenvalue weighted by Crippen LogP contribution is -2.30. The van der Waals surface area contributed by atoms with Gasteiger partial charge in [0.15, 0.2) is 0 Å². The van der Waals surface area contributed by atoms with Crippen molar-refractivity contribution in [3.8, 4) is 0 Å². The van der Waals surface area contributed by atoms with Gasteiger partial charge in [0.2, 0.25) is 0 Å². The van der Waals surface area contributed by atoms with Crippen molar-refractivity contribution in [1.29, 1.82) is 0 Å². The summed E-state index contributed by atoms with van der Waals surface area (Å²) < 4.78 is 38.1. The third kappa shape index (κ3) is 4.63. The lowest BCUT2D eigenvalue weighted by atomic mass is 10.0. The Morgan fingerprint density at radius 3 is 2.38 bits per heavy atom. The number of alkyl halides is 3. The van der Waals surface area contributed by atoms with Crippen LogP contribution in [-0.4, -0.2) is 12.5 Å². The summed E-state index contributed by atoms with van der Waals surface area (Å²) in [6.07, 6.45) is -2.72. The lowest BCUT2D eigenvalue weighted by Gasteiger charge is -2.16. The number of halogens is 3. The number of nitrogens with one attached hydrogen (secondary N) is 2. The van der Waals surface area contributed by atoms with Crippen molar-refractivity contribution in [1.82, 2.24) is 5.32 Å². The molecule has 118 valence electrons. The van der Waals surface area contributed by atoms with Gasteiger partial charge in [0.25, 0.3) is 5.91 Å². The van der Waals surface area contributed by atoms with Gasteiger partial charge in [-0.25, -0.2) is 0 Å². The SMILES string of the molecule is CCC(CC)CNC(=O)c1cc(C(F)(F)F)ccc1NN. The number of carbonyl (C=O) groups is 1. The van der Waals surface area contributed by atoms with Crippen molar-refractivity contribution in [2.45, 2.75) is 32.9 Å². The summed E-state index contributed by atoms with van der Waals surface area (Å²) in [6, 6.07) is 2.83. The highest BCUT2D eigenvalue weighted by molar-refractivity contribution is 5.99. The molecule has 1 aromatic carbocycles. The molecule has 0 unspecified atom stereocenters. The van der Waals surface area contributed by atoms with Gasteiger partial charge in [0, 0.05) is 6.54 Å². The number of hydrogen-bond donors (Lipinski definition) is 3. The molecule has 0 atom stereocenters. The molecule has 0 radical (unpaired) electrons. The number of hydrogen-bond acceptors (Lipinski definition) is 3. The highest BCUT2D eigenvalue weighted by Crippen LogP contribution is 2.31. The van der Waals surface area contributed by atoms with Crippen LogP contribution < -0.4 is 16.6 Å². The normalized spacial score (nSPS) is 11.6. The van der Waals surface area contributed by atoms with Gasteiger partial charge in [0.05, 0.1) is 16.8 Å². The van der Waals surface area contributed by atoms with Crippen molar-refractivity contribution in [3.63, 3.8) is 0 Å². The molecule has 0 saturated carbocycles. The first-order valence-electron chi connectivity index (χ1n) is 6.79. The fourth-order valence-corrected chi connectivity index (χ4v) is 1.94. The quantitative estimate of drug-likeness (QED) is 0.558. The molecule has 1 aromatic rings. The molecule has 7 heteroatoms. The molecule has 1 rings (SSSR count). The van der Waals surface area contributed by atoms with E-state index < -0.39 is 17.6 Å². The van der Waals surface area contributed by atoms with E-state index in [0.29, 0.717) is 12.5 Å². The van der Waals surface area contributed by atoms with Gasteiger partial charge in [0.1, 0.15) is 0 Å². The topological polar surface area (TPSA) is 67.2 Å². The van der Waals surface area contributed by atoms with Crippen LogP contribution in [0.1, 0.15) is 42.6 Å². The van der Waals surface area contributed by atoms with E-state index in [2.05, 4.69) is 10.7 Å². The van der Waals surface area contributed by atoms with E-state index in [1.807, 2.05) is 13.8 Å². The maximum absolute atomic E-state index is 12.7. The standard InChI is InChI=1S/C14H20F3N3O/c1-3-9(4-2)8-19-13(21)11-7-10(14(15,16)17)5-6-12(11)20-18/h5-7,9,20H,3-4,8,18H2,1-2H3,(H,19,21). The van der Waals surface area contributed by atoms with Gasteiger partial charge in [-0.15, -0.1) is 0 Å². The number of anilines is 1. The molecule has 0 spiro atoms. The summed E-state index contributed by atoms with van der Waals surface area (Å²) in [5.41, 5.74) is 1.41. The Labute approximate surface area is 121 Å². The summed E-state index contributed by atoms with van der Waals surface area (Å²) in [7, 11) is 0. The molecule has 0 aliphatic carbocycles. The Hall–Kier alpha value is -1.76. The van der Waals surface area contributed by atoms with E-state index >= 15 is 0 Å². The number of nitrogen functional groups attached to an aromatic ring is 1. The van der Waals surface area contributed by atoms with Gasteiger partial charge in [-0.05, 0) is 24.1 Å². The van der Waals surface area contributed by atoms with Crippen LogP contribution in [0.15, 0.2) is 18.2 Å². The zero-order valence-electron chi connectivity index (χ0n) is 12.1. The van der Waals surface area contributed by atoms with Crippen LogP contribution in [0.2, 0.25) is 0 Å². The molecule has 4 nitrogen and oxygen atoms in total. The van der Waals surface area contributed by atoms with E-state index in [1.54, 1.807) is 0 Å². The summed E-state index contributed by atoms with van der Waals surface area (Å²) in [4.78, 5) is 12.1. The van der Waals surface area contributed by atoms with Crippen LogP contribution in [0, 0.1) is 5.92 Å². The van der Waals surface area contributed by atoms with E-state index in [0.717, 1.165) is 31.0 Å². The van der Waals surface area contributed by atoms with Gasteiger partial charge < -0.3 is 10.7 Å². The molecule has 1 amide bonds. The summed E-state index contributed by atoms with van der Waals surface area (Å²) in [5, 5.41) is 2.65. The predicted octanol–water partition coefficient (Wildman–Crippen LogP) is 3.16. The highest BCUT2D eigenvalue weighted by atomic mass is 19.4. The molecule has 21 heavy (non-hydrogen) atoms. The van der Waals surface area contributed by atoms with Crippen LogP contribution in [0.4, 0.5) is 18.9 Å². The van der Waals surface area contributed by atoms with Crippen LogP contribution in [0.3, 0.4) is 0 Å². The Morgan fingerprint density at radius 1 is 1.29 bits per heavy atom. The van der Waals surface area contributed by atoms with Crippen LogP contribution in [0.5, 0.6) is 0 Å². The zero-order chi connectivity index (χ0) is 16.0. The minimum atomic E-state index is -4.50. The monoisotopic (exact) mass is 303 g/mol. The third-order valence-electron chi connectivity index (χ3n) is 3.45. The van der Waals surface area contributed by atoms with Crippen molar-refractivity contribution >= 4 is 11.6 Å². The van der Waals surface area contributed by atoms with E-state index in [-0.39, 0.29) is 11.3 Å². The van der Waals surface area contributed by atoms with Gasteiger partial charge >= 0.3 is 6.18 Å². The molecule has 0 bridgehead atoms. The number of benzene rings is 1. The highest BCUT2D eigenvalue weighted by Gasteiger charge is 2.31. The molecule has 0 fully saturated rings. The second-order valence-corrected chi connectivity index (χ2v) is 4.80. The predicted molar refractivity (Wildman–Crippen MR) is 75.7 cm³/mol. The smallest absolute Gasteiger partial charge is 0.352 e. The molecule has 0 aliphatic rings. The second-order valence-electron chi connectivity index (χ2n) is 4.80. The molecule has 0 aromatic heterocycles. The van der Waals surface area contributed by atoms with Gasteiger partial charge in [-0.3, -0.25) is 10.6 Å². The lowest BCUT2D eigenvalue weighted by molar-refractivity contribution is -0.137. The second kappa shape index (κ2) is 7.31. The Morgan fingerprint density at radius 2 is 1.90 bits per heavy atom. The van der Waals surface area contributed by atoms with Crippen LogP contribution in [-0.2, 0) is 6.18 Å². The number of carbonyl (C=O) groups excluding carboxylic acids is 1. The van der Waals surface area contributed by atoms with E-state index in [4.69, 9.17) is 5.84 Å². The van der Waals surface area contributed by atoms with Gasteiger partial charge in [-0.1, -0.05) is 26.7 Å². The Kier molecular flexibility index (Phi) is 6.02. The van der Waals surface area contributed by atoms with Crippen LogP contribution >= 0.6 is 0 Å². The maximum atomic E-state index is 12.7. The summed E-state index contributed by atoms with van der Waals surface area (Å²) >= 11 is 0. The first-order chi connectivity index (χ1) is 9.83. The number of nitrogens with two attached hydrogens (primary N) is 1. The fourth-order valence-electron chi connectivity index (χ4n) is 1.94. The third-order valence-corrected chi connectivity index (χ3v) is 3.45. The van der Waals surface area contributed by atoms with E-state index in [1.165, 1.54) is 0 Å². The number of amides is 1. The average Bonchev–Trinajstić information content (AvgIpc) is 2.46. The van der Waals surface area contributed by atoms with Crippen LogP contribution in [0.25, 0.3) is 0 Å². The number of rotatable bonds is 6. The summed E-state index contributed by atoms with van der Waals surface area (Å²) in [5.74, 6) is 4.98. The summed E-state index contributed by atoms with van der Waals surface area (Å²) in [6.45, 7) is 4.42. The molecular formula is C14H20F3N3O. The zero-order valence-corrected chi connectivity index (χ0v) is 12.1. The minimum absolute atomic E-state index is 0.113. The Bertz CT molecular complexity index is 485.